The number of aromatic nitrogens is 2. The number of H-pyrrole nitrogens is 1. The van der Waals surface area contributed by atoms with Gasteiger partial charge in [-0.1, -0.05) is 20.8 Å². The average Bonchev–Trinajstić information content (AvgIpc) is 2.96. The quantitative estimate of drug-likeness (QED) is 0.849. The summed E-state index contributed by atoms with van der Waals surface area (Å²) in [4.78, 5) is 22.8. The molecule has 1 N–H and O–H groups in total. The highest BCUT2D eigenvalue weighted by Crippen LogP contribution is 2.20. The SMILES string of the molecule is CC1CCCN(CCC(=O)c2ccc3nc(C(C)C)[nH]c3c2)C1. The van der Waals surface area contributed by atoms with Gasteiger partial charge in [-0.3, -0.25) is 4.79 Å². The minimum Gasteiger partial charge on any atom is -0.342 e. The maximum Gasteiger partial charge on any atom is 0.164 e. The van der Waals surface area contributed by atoms with Gasteiger partial charge < -0.3 is 9.88 Å². The summed E-state index contributed by atoms with van der Waals surface area (Å²) in [6, 6.07) is 5.82. The number of nitrogens with zero attached hydrogens (tertiary/aromatic N) is 2. The molecule has 0 radical (unpaired) electrons. The third kappa shape index (κ3) is 3.81. The van der Waals surface area contributed by atoms with Crippen LogP contribution in [0.25, 0.3) is 11.0 Å². The molecular formula is C19H27N3O. The first-order valence-corrected chi connectivity index (χ1v) is 8.78. The summed E-state index contributed by atoms with van der Waals surface area (Å²) >= 11 is 0. The number of benzene rings is 1. The lowest BCUT2D eigenvalue weighted by molar-refractivity contribution is 0.0949. The molecule has 0 spiro atoms. The first-order chi connectivity index (χ1) is 11.0. The van der Waals surface area contributed by atoms with Gasteiger partial charge in [-0.05, 0) is 43.5 Å². The van der Waals surface area contributed by atoms with Crippen LogP contribution in [-0.2, 0) is 0 Å². The van der Waals surface area contributed by atoms with Gasteiger partial charge in [0.1, 0.15) is 5.82 Å². The van der Waals surface area contributed by atoms with Crippen molar-refractivity contribution in [3.05, 3.63) is 29.6 Å². The molecule has 1 atom stereocenters. The summed E-state index contributed by atoms with van der Waals surface area (Å²) in [7, 11) is 0. The number of likely N-dealkylation sites (tertiary alicyclic amines) is 1. The van der Waals surface area contributed by atoms with E-state index in [9.17, 15) is 4.79 Å². The molecule has 1 fully saturated rings. The zero-order chi connectivity index (χ0) is 16.4. The average molecular weight is 313 g/mol. The molecule has 4 heteroatoms. The highest BCUT2D eigenvalue weighted by molar-refractivity contribution is 5.99. The van der Waals surface area contributed by atoms with Crippen molar-refractivity contribution >= 4 is 16.8 Å². The van der Waals surface area contributed by atoms with Crippen molar-refractivity contribution in [2.45, 2.75) is 46.0 Å². The van der Waals surface area contributed by atoms with Crippen LogP contribution < -0.4 is 0 Å². The molecule has 1 saturated heterocycles. The molecule has 3 rings (SSSR count). The van der Waals surface area contributed by atoms with Crippen LogP contribution in [0.2, 0.25) is 0 Å². The molecule has 0 bridgehead atoms. The van der Waals surface area contributed by atoms with E-state index >= 15 is 0 Å². The van der Waals surface area contributed by atoms with E-state index in [-0.39, 0.29) is 5.78 Å². The molecule has 4 nitrogen and oxygen atoms in total. The minimum atomic E-state index is 0.228. The Morgan fingerprint density at radius 3 is 3.00 bits per heavy atom. The van der Waals surface area contributed by atoms with Crippen LogP contribution in [0.15, 0.2) is 18.2 Å². The van der Waals surface area contributed by atoms with E-state index in [0.717, 1.165) is 48.0 Å². The molecular weight excluding hydrogens is 286 g/mol. The number of hydrogen-bond acceptors (Lipinski definition) is 3. The van der Waals surface area contributed by atoms with Crippen LogP contribution in [-0.4, -0.2) is 40.3 Å². The molecule has 0 saturated carbocycles. The zero-order valence-electron chi connectivity index (χ0n) is 14.4. The van der Waals surface area contributed by atoms with Crippen LogP contribution in [0.5, 0.6) is 0 Å². The molecule has 0 amide bonds. The Hall–Kier alpha value is -1.68. The molecule has 0 aliphatic carbocycles. The molecule has 1 aromatic heterocycles. The van der Waals surface area contributed by atoms with Gasteiger partial charge in [0.05, 0.1) is 11.0 Å². The molecule has 1 unspecified atom stereocenters. The van der Waals surface area contributed by atoms with E-state index in [2.05, 4.69) is 35.6 Å². The highest BCUT2D eigenvalue weighted by atomic mass is 16.1. The van der Waals surface area contributed by atoms with Crippen molar-refractivity contribution in [3.63, 3.8) is 0 Å². The summed E-state index contributed by atoms with van der Waals surface area (Å²) in [5.41, 5.74) is 2.70. The van der Waals surface area contributed by atoms with Crippen molar-refractivity contribution in [3.8, 4) is 0 Å². The van der Waals surface area contributed by atoms with Gasteiger partial charge >= 0.3 is 0 Å². The second kappa shape index (κ2) is 6.83. The number of piperidine rings is 1. The Labute approximate surface area is 138 Å². The van der Waals surface area contributed by atoms with Gasteiger partial charge in [0, 0.05) is 31.0 Å². The van der Waals surface area contributed by atoms with Crippen molar-refractivity contribution < 1.29 is 4.79 Å². The number of hydrogen-bond donors (Lipinski definition) is 1. The van der Waals surface area contributed by atoms with E-state index in [0.29, 0.717) is 12.3 Å². The summed E-state index contributed by atoms with van der Waals surface area (Å²) in [6.07, 6.45) is 3.18. The summed E-state index contributed by atoms with van der Waals surface area (Å²) in [5.74, 6) is 2.33. The van der Waals surface area contributed by atoms with Gasteiger partial charge in [0.25, 0.3) is 0 Å². The molecule has 1 aromatic carbocycles. The molecule has 1 aliphatic rings. The Balaban J connectivity index is 1.65. The van der Waals surface area contributed by atoms with Crippen LogP contribution in [0.4, 0.5) is 0 Å². The Morgan fingerprint density at radius 2 is 2.26 bits per heavy atom. The van der Waals surface area contributed by atoms with Crippen LogP contribution in [0.3, 0.4) is 0 Å². The second-order valence-electron chi connectivity index (χ2n) is 7.23. The molecule has 2 aromatic rings. The van der Waals surface area contributed by atoms with Crippen molar-refractivity contribution in [2.24, 2.45) is 5.92 Å². The van der Waals surface area contributed by atoms with Crippen molar-refractivity contribution in [2.75, 3.05) is 19.6 Å². The number of ketones is 1. The van der Waals surface area contributed by atoms with Gasteiger partial charge in [-0.15, -0.1) is 0 Å². The lowest BCUT2D eigenvalue weighted by atomic mass is 9.99. The van der Waals surface area contributed by atoms with E-state index in [1.54, 1.807) is 0 Å². The fraction of sp³-hybridized carbons (Fsp3) is 0.579. The van der Waals surface area contributed by atoms with E-state index in [1.165, 1.54) is 12.8 Å². The first-order valence-electron chi connectivity index (χ1n) is 8.78. The molecule has 1 aliphatic heterocycles. The minimum absolute atomic E-state index is 0.228. The van der Waals surface area contributed by atoms with Crippen LogP contribution in [0, 0.1) is 5.92 Å². The van der Waals surface area contributed by atoms with Crippen LogP contribution in [0.1, 0.15) is 62.1 Å². The summed E-state index contributed by atoms with van der Waals surface area (Å²) in [5, 5.41) is 0. The monoisotopic (exact) mass is 313 g/mol. The lowest BCUT2D eigenvalue weighted by Crippen LogP contribution is -2.35. The van der Waals surface area contributed by atoms with Crippen molar-refractivity contribution in [1.82, 2.24) is 14.9 Å². The van der Waals surface area contributed by atoms with E-state index in [1.807, 2.05) is 18.2 Å². The van der Waals surface area contributed by atoms with E-state index < -0.39 is 0 Å². The number of imidazole rings is 1. The number of rotatable bonds is 5. The Kier molecular flexibility index (Phi) is 4.81. The molecule has 124 valence electrons. The smallest absolute Gasteiger partial charge is 0.164 e. The largest absolute Gasteiger partial charge is 0.342 e. The van der Waals surface area contributed by atoms with E-state index in [4.69, 9.17) is 0 Å². The van der Waals surface area contributed by atoms with Gasteiger partial charge in [-0.25, -0.2) is 4.98 Å². The zero-order valence-corrected chi connectivity index (χ0v) is 14.4. The standard InChI is InChI=1S/C19H27N3O/c1-13(2)19-20-16-7-6-15(11-17(16)21-19)18(23)8-10-22-9-4-5-14(3)12-22/h6-7,11,13-14H,4-5,8-10,12H2,1-3H3,(H,20,21). The first kappa shape index (κ1) is 16.2. The number of fused-ring (bicyclic) bond motifs is 1. The van der Waals surface area contributed by atoms with Crippen molar-refractivity contribution in [1.29, 1.82) is 0 Å². The summed E-state index contributed by atoms with van der Waals surface area (Å²) < 4.78 is 0. The predicted octanol–water partition coefficient (Wildman–Crippen LogP) is 3.99. The Bertz CT molecular complexity index is 689. The number of aromatic amines is 1. The fourth-order valence-electron chi connectivity index (χ4n) is 3.37. The maximum absolute atomic E-state index is 12.5. The van der Waals surface area contributed by atoms with Crippen LogP contribution >= 0.6 is 0 Å². The third-order valence-electron chi connectivity index (χ3n) is 4.77. The molecule has 23 heavy (non-hydrogen) atoms. The second-order valence-corrected chi connectivity index (χ2v) is 7.23. The third-order valence-corrected chi connectivity index (χ3v) is 4.77. The highest BCUT2D eigenvalue weighted by Gasteiger charge is 2.17. The van der Waals surface area contributed by atoms with Gasteiger partial charge in [0.2, 0.25) is 0 Å². The lowest BCUT2D eigenvalue weighted by Gasteiger charge is -2.30. The fourth-order valence-corrected chi connectivity index (χ4v) is 3.37. The number of nitrogens with one attached hydrogen (secondary N) is 1. The number of Topliss-reactive ketones (excluding diaryl/α,β-unsaturated/α-hetero) is 1. The Morgan fingerprint density at radius 1 is 1.43 bits per heavy atom. The van der Waals surface area contributed by atoms with Gasteiger partial charge in [-0.2, -0.15) is 0 Å². The maximum atomic E-state index is 12.5. The number of carbonyl (C=O) groups excluding carboxylic acids is 1. The predicted molar refractivity (Wildman–Crippen MR) is 94.0 cm³/mol. The summed E-state index contributed by atoms with van der Waals surface area (Å²) in [6.45, 7) is 9.67. The number of carbonyl (C=O) groups is 1. The van der Waals surface area contributed by atoms with Gasteiger partial charge in [0.15, 0.2) is 5.78 Å². The normalized spacial score (nSPS) is 19.6. The molecule has 2 heterocycles. The topological polar surface area (TPSA) is 49.0 Å².